The first-order chi connectivity index (χ1) is 16.5. The van der Waals surface area contributed by atoms with Gasteiger partial charge in [0.2, 0.25) is 5.91 Å². The number of hydrogen-bond donors (Lipinski definition) is 1. The highest BCUT2D eigenvalue weighted by Gasteiger charge is 2.30. The Morgan fingerprint density at radius 2 is 1.91 bits per heavy atom. The van der Waals surface area contributed by atoms with Gasteiger partial charge in [0, 0.05) is 17.0 Å². The van der Waals surface area contributed by atoms with E-state index in [0.29, 0.717) is 32.5 Å². The van der Waals surface area contributed by atoms with E-state index in [1.54, 1.807) is 16.2 Å². The number of anilines is 1. The molecule has 1 aliphatic rings. The van der Waals surface area contributed by atoms with Crippen molar-refractivity contribution in [3.8, 4) is 10.6 Å². The van der Waals surface area contributed by atoms with E-state index in [-0.39, 0.29) is 12.0 Å². The number of para-hydroxylation sites is 1. The van der Waals surface area contributed by atoms with Crippen molar-refractivity contribution >= 4 is 49.9 Å². The molecule has 0 radical (unpaired) electrons. The highest BCUT2D eigenvalue weighted by atomic mass is 32.1. The highest BCUT2D eigenvalue weighted by molar-refractivity contribution is 7.22. The second-order valence-corrected chi connectivity index (χ2v) is 10.4. The average molecular weight is 492 g/mol. The molecule has 3 heterocycles. The number of thiophene rings is 1. The molecule has 0 spiro atoms. The summed E-state index contributed by atoms with van der Waals surface area (Å²) in [6.45, 7) is 5.25. The molecule has 0 unspecified atom stereocenters. The van der Waals surface area contributed by atoms with Crippen LogP contribution in [-0.4, -0.2) is 35.0 Å². The molecule has 0 bridgehead atoms. The molecule has 34 heavy (non-hydrogen) atoms. The van der Waals surface area contributed by atoms with E-state index in [9.17, 15) is 9.59 Å². The van der Waals surface area contributed by atoms with Crippen LogP contribution < -0.4 is 5.32 Å². The monoisotopic (exact) mass is 491 g/mol. The Kier molecular flexibility index (Phi) is 6.34. The number of carbonyl (C=O) groups is 2. The number of benzene rings is 2. The van der Waals surface area contributed by atoms with Gasteiger partial charge in [0.1, 0.15) is 10.0 Å². The largest absolute Gasteiger partial charge is 0.450 e. The number of nitrogens with one attached hydrogen (secondary N) is 1. The second kappa shape index (κ2) is 9.56. The summed E-state index contributed by atoms with van der Waals surface area (Å²) in [4.78, 5) is 33.0. The number of fused-ring (bicyclic) bond motifs is 2. The molecule has 0 saturated heterocycles. The Balaban J connectivity index is 1.49. The van der Waals surface area contributed by atoms with Gasteiger partial charge in [0.25, 0.3) is 0 Å². The third-order valence-corrected chi connectivity index (χ3v) is 8.01. The summed E-state index contributed by atoms with van der Waals surface area (Å²) < 4.78 is 6.32. The molecule has 8 heteroatoms. The number of aromatic nitrogens is 1. The molecular formula is C26H25N3O3S2. The van der Waals surface area contributed by atoms with Crippen LogP contribution in [0.15, 0.2) is 48.5 Å². The lowest BCUT2D eigenvalue weighted by Gasteiger charge is -2.26. The van der Waals surface area contributed by atoms with E-state index < -0.39 is 0 Å². The lowest BCUT2D eigenvalue weighted by molar-refractivity contribution is -0.115. The topological polar surface area (TPSA) is 71.5 Å². The van der Waals surface area contributed by atoms with Crippen molar-refractivity contribution in [1.82, 2.24) is 9.88 Å². The van der Waals surface area contributed by atoms with Gasteiger partial charge in [-0.2, -0.15) is 0 Å². The van der Waals surface area contributed by atoms with Gasteiger partial charge in [-0.1, -0.05) is 42.0 Å². The van der Waals surface area contributed by atoms with Gasteiger partial charge in [0.15, 0.2) is 0 Å². The van der Waals surface area contributed by atoms with E-state index in [1.165, 1.54) is 16.9 Å². The molecule has 0 saturated carbocycles. The average Bonchev–Trinajstić information content (AvgIpc) is 3.40. The van der Waals surface area contributed by atoms with Crippen LogP contribution in [-0.2, 0) is 28.9 Å². The summed E-state index contributed by atoms with van der Waals surface area (Å²) in [5, 5.41) is 4.85. The summed E-state index contributed by atoms with van der Waals surface area (Å²) in [5.41, 5.74) is 5.24. The molecule has 6 nitrogen and oxygen atoms in total. The first-order valence-electron chi connectivity index (χ1n) is 11.3. The predicted octanol–water partition coefficient (Wildman–Crippen LogP) is 6.03. The van der Waals surface area contributed by atoms with Crippen LogP contribution in [0.4, 0.5) is 9.80 Å². The normalized spacial score (nSPS) is 13.1. The zero-order valence-corrected chi connectivity index (χ0v) is 20.7. The van der Waals surface area contributed by atoms with Crippen molar-refractivity contribution in [2.75, 3.05) is 18.5 Å². The highest BCUT2D eigenvalue weighted by Crippen LogP contribution is 2.45. The van der Waals surface area contributed by atoms with Crippen LogP contribution in [0, 0.1) is 6.92 Å². The number of hydrogen-bond acceptors (Lipinski definition) is 6. The maximum Gasteiger partial charge on any atom is 0.410 e. The van der Waals surface area contributed by atoms with E-state index in [0.717, 1.165) is 41.8 Å². The van der Waals surface area contributed by atoms with Gasteiger partial charge >= 0.3 is 6.09 Å². The van der Waals surface area contributed by atoms with Crippen LogP contribution in [0.3, 0.4) is 0 Å². The SMILES string of the molecule is CCOC(=O)N1CCc2c(sc(NC(=O)Cc3ccc(C)cc3)c2-c2nc3ccccc3s2)C1. The minimum Gasteiger partial charge on any atom is -0.450 e. The minimum absolute atomic E-state index is 0.0629. The molecule has 0 atom stereocenters. The first-order valence-corrected chi connectivity index (χ1v) is 12.9. The zero-order chi connectivity index (χ0) is 23.7. The Morgan fingerprint density at radius 1 is 1.12 bits per heavy atom. The van der Waals surface area contributed by atoms with Crippen molar-refractivity contribution in [3.05, 3.63) is 70.1 Å². The Bertz CT molecular complexity index is 1320. The number of aryl methyl sites for hydroxylation is 1. The molecule has 4 aromatic rings. The van der Waals surface area contributed by atoms with Crippen molar-refractivity contribution in [1.29, 1.82) is 0 Å². The van der Waals surface area contributed by atoms with Crippen molar-refractivity contribution in [2.24, 2.45) is 0 Å². The summed E-state index contributed by atoms with van der Waals surface area (Å²) in [7, 11) is 0. The van der Waals surface area contributed by atoms with Crippen molar-refractivity contribution in [3.63, 3.8) is 0 Å². The van der Waals surface area contributed by atoms with Gasteiger partial charge in [-0.15, -0.1) is 22.7 Å². The third kappa shape index (κ3) is 4.56. The van der Waals surface area contributed by atoms with E-state index in [2.05, 4.69) is 11.4 Å². The first kappa shape index (κ1) is 22.6. The maximum absolute atomic E-state index is 13.0. The van der Waals surface area contributed by atoms with E-state index in [1.807, 2.05) is 56.3 Å². The van der Waals surface area contributed by atoms with Gasteiger partial charge in [-0.3, -0.25) is 4.79 Å². The maximum atomic E-state index is 13.0. The van der Waals surface area contributed by atoms with Crippen LogP contribution in [0.5, 0.6) is 0 Å². The van der Waals surface area contributed by atoms with Crippen LogP contribution in [0.25, 0.3) is 20.8 Å². The van der Waals surface area contributed by atoms with Crippen LogP contribution in [0.1, 0.15) is 28.5 Å². The summed E-state index contributed by atoms with van der Waals surface area (Å²) in [6, 6.07) is 16.1. The number of rotatable bonds is 5. The Labute approximate surface area is 206 Å². The fourth-order valence-corrected chi connectivity index (χ4v) is 6.52. The lowest BCUT2D eigenvalue weighted by Crippen LogP contribution is -2.35. The quantitative estimate of drug-likeness (QED) is 0.370. The Hall–Kier alpha value is -3.23. The fourth-order valence-electron chi connectivity index (χ4n) is 4.13. The van der Waals surface area contributed by atoms with Gasteiger partial charge in [0.05, 0.1) is 29.8 Å². The fraction of sp³-hybridized carbons (Fsp3) is 0.269. The smallest absolute Gasteiger partial charge is 0.410 e. The number of carbonyl (C=O) groups excluding carboxylic acids is 2. The second-order valence-electron chi connectivity index (χ2n) is 8.28. The zero-order valence-electron chi connectivity index (χ0n) is 19.1. The standard InChI is InChI=1S/C26H25N3O3S2/c1-3-32-26(31)29-13-12-18-21(15-29)34-25(28-22(30)14-17-10-8-16(2)9-11-17)23(18)24-27-19-6-4-5-7-20(19)33-24/h4-11H,3,12-15H2,1-2H3,(H,28,30). The summed E-state index contributed by atoms with van der Waals surface area (Å²) in [5.74, 6) is -0.0629. The van der Waals surface area contributed by atoms with Crippen LogP contribution >= 0.6 is 22.7 Å². The number of amides is 2. The molecular weight excluding hydrogens is 466 g/mol. The van der Waals surface area contributed by atoms with E-state index >= 15 is 0 Å². The molecule has 2 aromatic heterocycles. The third-order valence-electron chi connectivity index (χ3n) is 5.83. The van der Waals surface area contributed by atoms with Crippen LogP contribution in [0.2, 0.25) is 0 Å². The molecule has 1 N–H and O–H groups in total. The van der Waals surface area contributed by atoms with Crippen molar-refractivity contribution < 1.29 is 14.3 Å². The molecule has 0 fully saturated rings. The van der Waals surface area contributed by atoms with Gasteiger partial charge < -0.3 is 15.0 Å². The lowest BCUT2D eigenvalue weighted by atomic mass is 10.0. The van der Waals surface area contributed by atoms with Gasteiger partial charge in [-0.05, 0) is 43.5 Å². The summed E-state index contributed by atoms with van der Waals surface area (Å²) in [6.07, 6.45) is 0.703. The number of thiazole rings is 1. The molecule has 1 aliphatic heterocycles. The summed E-state index contributed by atoms with van der Waals surface area (Å²) >= 11 is 3.16. The molecule has 174 valence electrons. The molecule has 2 amide bonds. The minimum atomic E-state index is -0.298. The van der Waals surface area contributed by atoms with E-state index in [4.69, 9.17) is 9.72 Å². The number of nitrogens with zero attached hydrogens (tertiary/aromatic N) is 2. The predicted molar refractivity (Wildman–Crippen MR) is 138 cm³/mol. The Morgan fingerprint density at radius 3 is 2.68 bits per heavy atom. The molecule has 5 rings (SSSR count). The number of ether oxygens (including phenoxy) is 1. The van der Waals surface area contributed by atoms with Gasteiger partial charge in [-0.25, -0.2) is 9.78 Å². The molecule has 2 aromatic carbocycles. The molecule has 0 aliphatic carbocycles. The van der Waals surface area contributed by atoms with Crippen molar-refractivity contribution in [2.45, 2.75) is 33.2 Å².